The van der Waals surface area contributed by atoms with E-state index in [-0.39, 0.29) is 0 Å². The Hall–Kier alpha value is -1.95. The Morgan fingerprint density at radius 3 is 2.71 bits per heavy atom. The molecular formula is C10H9ClN6. The lowest BCUT2D eigenvalue weighted by molar-refractivity contribution is 0.756. The van der Waals surface area contributed by atoms with Crippen molar-refractivity contribution in [2.75, 3.05) is 0 Å². The van der Waals surface area contributed by atoms with Gasteiger partial charge < -0.3 is 0 Å². The number of rotatable bonds is 1. The van der Waals surface area contributed by atoms with Crippen molar-refractivity contribution in [1.82, 2.24) is 29.6 Å². The van der Waals surface area contributed by atoms with E-state index in [2.05, 4.69) is 20.4 Å². The van der Waals surface area contributed by atoms with Gasteiger partial charge in [-0.3, -0.25) is 4.68 Å². The minimum atomic E-state index is 0.403. The molecule has 0 aromatic carbocycles. The van der Waals surface area contributed by atoms with Crippen molar-refractivity contribution in [3.63, 3.8) is 0 Å². The van der Waals surface area contributed by atoms with Crippen LogP contribution in [-0.4, -0.2) is 29.6 Å². The van der Waals surface area contributed by atoms with E-state index in [4.69, 9.17) is 11.6 Å². The first-order chi connectivity index (χ1) is 8.15. The van der Waals surface area contributed by atoms with Gasteiger partial charge in [0, 0.05) is 13.2 Å². The third-order valence-electron chi connectivity index (χ3n) is 2.48. The summed E-state index contributed by atoms with van der Waals surface area (Å²) in [6, 6.07) is 3.46. The summed E-state index contributed by atoms with van der Waals surface area (Å²) in [6.45, 7) is 1.92. The highest BCUT2D eigenvalue weighted by atomic mass is 35.5. The number of hydrogen-bond donors (Lipinski definition) is 0. The van der Waals surface area contributed by atoms with Gasteiger partial charge in [-0.1, -0.05) is 11.6 Å². The molecule has 0 radical (unpaired) electrons. The highest BCUT2D eigenvalue weighted by molar-refractivity contribution is 6.29. The van der Waals surface area contributed by atoms with Crippen LogP contribution in [0.25, 0.3) is 17.0 Å². The molecule has 3 rings (SSSR count). The molecule has 86 valence electrons. The van der Waals surface area contributed by atoms with Crippen molar-refractivity contribution in [3.8, 4) is 11.4 Å². The molecule has 17 heavy (non-hydrogen) atoms. The van der Waals surface area contributed by atoms with Crippen LogP contribution >= 0.6 is 11.6 Å². The van der Waals surface area contributed by atoms with E-state index >= 15 is 0 Å². The average Bonchev–Trinajstić information content (AvgIpc) is 2.81. The van der Waals surface area contributed by atoms with E-state index in [1.807, 2.05) is 20.2 Å². The molecule has 0 amide bonds. The van der Waals surface area contributed by atoms with Gasteiger partial charge in [0.1, 0.15) is 5.15 Å². The molecule has 0 fully saturated rings. The summed E-state index contributed by atoms with van der Waals surface area (Å²) in [5, 5.41) is 17.0. The van der Waals surface area contributed by atoms with Crippen LogP contribution in [0.1, 0.15) is 5.69 Å². The minimum absolute atomic E-state index is 0.403. The second-order valence-corrected chi connectivity index (χ2v) is 4.14. The van der Waals surface area contributed by atoms with Gasteiger partial charge in [-0.25, -0.2) is 0 Å². The van der Waals surface area contributed by atoms with Crippen LogP contribution in [0.2, 0.25) is 5.15 Å². The van der Waals surface area contributed by atoms with Gasteiger partial charge in [-0.05, 0) is 19.1 Å². The van der Waals surface area contributed by atoms with E-state index in [0.717, 1.165) is 11.3 Å². The fraction of sp³-hybridized carbons (Fsp3) is 0.200. The molecule has 0 atom stereocenters. The molecular weight excluding hydrogens is 240 g/mol. The summed E-state index contributed by atoms with van der Waals surface area (Å²) >= 11 is 5.87. The van der Waals surface area contributed by atoms with Gasteiger partial charge in [-0.15, -0.1) is 10.2 Å². The lowest BCUT2D eigenvalue weighted by Crippen LogP contribution is -1.95. The Labute approximate surface area is 102 Å². The molecule has 0 N–H and O–H groups in total. The first-order valence-electron chi connectivity index (χ1n) is 5.04. The predicted octanol–water partition coefficient (Wildman–Crippen LogP) is 1.49. The fourth-order valence-electron chi connectivity index (χ4n) is 1.75. The maximum atomic E-state index is 5.87. The van der Waals surface area contributed by atoms with Gasteiger partial charge in [0.15, 0.2) is 11.5 Å². The van der Waals surface area contributed by atoms with Crippen molar-refractivity contribution in [3.05, 3.63) is 29.2 Å². The molecule has 0 saturated carbocycles. The molecule has 0 saturated heterocycles. The van der Waals surface area contributed by atoms with E-state index in [1.165, 1.54) is 0 Å². The normalized spacial score (nSPS) is 11.2. The van der Waals surface area contributed by atoms with Crippen molar-refractivity contribution in [2.45, 2.75) is 6.92 Å². The van der Waals surface area contributed by atoms with Crippen LogP contribution in [0.5, 0.6) is 0 Å². The lowest BCUT2D eigenvalue weighted by Gasteiger charge is -1.96. The summed E-state index contributed by atoms with van der Waals surface area (Å²) in [5.41, 5.74) is 2.44. The van der Waals surface area contributed by atoms with Crippen LogP contribution in [0.3, 0.4) is 0 Å². The SMILES string of the molecule is Cc1nn(C)cc1-c1nnc2ccc(Cl)nn12. The van der Waals surface area contributed by atoms with E-state index < -0.39 is 0 Å². The fourth-order valence-corrected chi connectivity index (χ4v) is 1.89. The van der Waals surface area contributed by atoms with E-state index in [0.29, 0.717) is 16.6 Å². The predicted molar refractivity (Wildman–Crippen MR) is 62.7 cm³/mol. The van der Waals surface area contributed by atoms with Crippen LogP contribution in [-0.2, 0) is 7.05 Å². The number of fused-ring (bicyclic) bond motifs is 1. The van der Waals surface area contributed by atoms with Crippen molar-refractivity contribution >= 4 is 17.2 Å². The second-order valence-electron chi connectivity index (χ2n) is 3.75. The minimum Gasteiger partial charge on any atom is -0.275 e. The van der Waals surface area contributed by atoms with E-state index in [9.17, 15) is 0 Å². The molecule has 7 heteroatoms. The van der Waals surface area contributed by atoms with Crippen LogP contribution < -0.4 is 0 Å². The number of aromatic nitrogens is 6. The molecule has 0 aliphatic heterocycles. The Bertz CT molecular complexity index is 698. The number of hydrogen-bond acceptors (Lipinski definition) is 4. The third kappa shape index (κ3) is 1.57. The van der Waals surface area contributed by atoms with E-state index in [1.54, 1.807) is 21.3 Å². The summed E-state index contributed by atoms with van der Waals surface area (Å²) in [5.74, 6) is 0.646. The summed E-state index contributed by atoms with van der Waals surface area (Å²) < 4.78 is 3.35. The number of aryl methyl sites for hydroxylation is 2. The zero-order valence-corrected chi connectivity index (χ0v) is 10.0. The largest absolute Gasteiger partial charge is 0.275 e. The Kier molecular flexibility index (Phi) is 2.12. The second kappa shape index (κ2) is 3.53. The molecule has 0 aliphatic rings. The van der Waals surface area contributed by atoms with Crippen molar-refractivity contribution in [1.29, 1.82) is 0 Å². The highest BCUT2D eigenvalue weighted by Gasteiger charge is 2.14. The number of halogens is 1. The van der Waals surface area contributed by atoms with Crippen LogP contribution in [0, 0.1) is 6.92 Å². The smallest absolute Gasteiger partial charge is 0.188 e. The van der Waals surface area contributed by atoms with Crippen LogP contribution in [0.15, 0.2) is 18.3 Å². The topological polar surface area (TPSA) is 60.9 Å². The highest BCUT2D eigenvalue weighted by Crippen LogP contribution is 2.20. The summed E-state index contributed by atoms with van der Waals surface area (Å²) in [7, 11) is 1.86. The Morgan fingerprint density at radius 2 is 2.00 bits per heavy atom. The molecule has 0 bridgehead atoms. The third-order valence-corrected chi connectivity index (χ3v) is 2.69. The maximum absolute atomic E-state index is 5.87. The molecule has 0 spiro atoms. The monoisotopic (exact) mass is 248 g/mol. The van der Waals surface area contributed by atoms with Gasteiger partial charge in [0.2, 0.25) is 0 Å². The lowest BCUT2D eigenvalue weighted by atomic mass is 10.2. The number of nitrogens with zero attached hydrogens (tertiary/aromatic N) is 6. The van der Waals surface area contributed by atoms with Gasteiger partial charge in [0.25, 0.3) is 0 Å². The van der Waals surface area contributed by atoms with Gasteiger partial charge in [-0.2, -0.15) is 14.7 Å². The molecule has 3 heterocycles. The standard InChI is InChI=1S/C10H9ClN6/c1-6-7(5-16(2)14-6)10-13-12-9-4-3-8(11)15-17(9)10/h3-5H,1-2H3. The van der Waals surface area contributed by atoms with Gasteiger partial charge >= 0.3 is 0 Å². The molecule has 0 aliphatic carbocycles. The zero-order valence-electron chi connectivity index (χ0n) is 9.29. The van der Waals surface area contributed by atoms with Crippen molar-refractivity contribution in [2.24, 2.45) is 7.05 Å². The Balaban J connectivity index is 2.30. The quantitative estimate of drug-likeness (QED) is 0.655. The van der Waals surface area contributed by atoms with Gasteiger partial charge in [0.05, 0.1) is 11.3 Å². The Morgan fingerprint density at radius 1 is 1.18 bits per heavy atom. The van der Waals surface area contributed by atoms with Crippen LogP contribution in [0.4, 0.5) is 0 Å². The van der Waals surface area contributed by atoms with Crippen molar-refractivity contribution < 1.29 is 0 Å². The average molecular weight is 249 g/mol. The first kappa shape index (κ1) is 10.2. The summed E-state index contributed by atoms with van der Waals surface area (Å²) in [4.78, 5) is 0. The molecule has 6 nitrogen and oxygen atoms in total. The zero-order chi connectivity index (χ0) is 12.0. The molecule has 0 unspecified atom stereocenters. The first-order valence-corrected chi connectivity index (χ1v) is 5.41. The molecule has 3 aromatic rings. The maximum Gasteiger partial charge on any atom is 0.188 e. The molecule has 3 aromatic heterocycles. The summed E-state index contributed by atoms with van der Waals surface area (Å²) in [6.07, 6.45) is 1.88.